The second kappa shape index (κ2) is 15.2. The molecule has 170 valence electrons. The van der Waals surface area contributed by atoms with Gasteiger partial charge in [-0.2, -0.15) is 0 Å². The minimum absolute atomic E-state index is 0.0303. The van der Waals surface area contributed by atoms with Crippen molar-refractivity contribution in [3.05, 3.63) is 24.3 Å². The Hall–Kier alpha value is -1.60. The maximum Gasteiger partial charge on any atom is 0.313 e. The molecule has 0 spiro atoms. The van der Waals surface area contributed by atoms with Crippen LogP contribution in [0.3, 0.4) is 0 Å². The van der Waals surface area contributed by atoms with Crippen LogP contribution in [0.5, 0.6) is 0 Å². The van der Waals surface area contributed by atoms with Crippen molar-refractivity contribution >= 4 is 29.5 Å². The summed E-state index contributed by atoms with van der Waals surface area (Å²) in [6.07, 6.45) is 13.7. The van der Waals surface area contributed by atoms with Gasteiger partial charge < -0.3 is 14.9 Å². The highest BCUT2D eigenvalue weighted by Crippen LogP contribution is 2.40. The Bertz CT molecular complexity index is 601. The third-order valence-corrected chi connectivity index (χ3v) is 6.65. The number of aliphatic hydroxyl groups excluding tert-OH is 1. The molecule has 1 aliphatic carbocycles. The number of unbranched alkanes of at least 4 members (excludes halogenated alkanes) is 3. The van der Waals surface area contributed by atoms with Gasteiger partial charge in [0.05, 0.1) is 19.0 Å². The number of carboxylic acid groups (broad SMARTS) is 1. The Labute approximate surface area is 184 Å². The first-order valence-corrected chi connectivity index (χ1v) is 11.9. The molecule has 0 aromatic rings. The second-order valence-corrected chi connectivity index (χ2v) is 8.95. The maximum absolute atomic E-state index is 12.6. The van der Waals surface area contributed by atoms with Gasteiger partial charge in [0.15, 0.2) is 0 Å². The summed E-state index contributed by atoms with van der Waals surface area (Å²) in [5.74, 6) is -1.28. The highest BCUT2D eigenvalue weighted by Gasteiger charge is 2.40. The number of allylic oxidation sites excluding steroid dienone is 3. The number of thioether (sulfide) groups is 1. The monoisotopic (exact) mass is 440 g/mol. The number of aliphatic carboxylic acids is 1. The Balaban J connectivity index is 2.68. The molecule has 1 rings (SSSR count). The summed E-state index contributed by atoms with van der Waals surface area (Å²) in [6, 6.07) is 0. The van der Waals surface area contributed by atoms with Crippen LogP contribution in [0.4, 0.5) is 0 Å². The van der Waals surface area contributed by atoms with Gasteiger partial charge in [0.1, 0.15) is 5.78 Å². The van der Waals surface area contributed by atoms with Gasteiger partial charge in [-0.1, -0.05) is 50.5 Å². The van der Waals surface area contributed by atoms with Crippen LogP contribution in [0, 0.1) is 11.8 Å². The number of hydrogen-bond acceptors (Lipinski definition) is 6. The van der Waals surface area contributed by atoms with Crippen molar-refractivity contribution in [3.8, 4) is 0 Å². The molecule has 0 aromatic heterocycles. The zero-order chi connectivity index (χ0) is 22.4. The lowest BCUT2D eigenvalue weighted by atomic mass is 9.91. The van der Waals surface area contributed by atoms with Crippen molar-refractivity contribution in [3.63, 3.8) is 0 Å². The Morgan fingerprint density at radius 2 is 2.03 bits per heavy atom. The smallest absolute Gasteiger partial charge is 0.313 e. The first-order chi connectivity index (χ1) is 14.4. The van der Waals surface area contributed by atoms with Gasteiger partial charge >= 0.3 is 11.9 Å². The molecule has 4 atom stereocenters. The van der Waals surface area contributed by atoms with E-state index in [1.54, 1.807) is 6.08 Å². The predicted molar refractivity (Wildman–Crippen MR) is 119 cm³/mol. The SMILES string of the molecule is CCCCC[C@H](O)/C=C/[C@H]1C(SCC(=O)O)CC(=O)[C@@H]1C/C=C\CCCC(=O)OC. The fourth-order valence-electron chi connectivity index (χ4n) is 3.64. The van der Waals surface area contributed by atoms with Crippen LogP contribution in [-0.4, -0.2) is 52.2 Å². The van der Waals surface area contributed by atoms with E-state index in [9.17, 15) is 19.5 Å². The molecule has 0 bridgehead atoms. The molecule has 0 radical (unpaired) electrons. The standard InChI is InChI=1S/C23H36O6S/c1-3-4-7-10-17(24)13-14-19-18(11-8-5-6-9-12-23(28)29-2)20(25)15-21(19)30-16-22(26)27/h5,8,13-14,17-19,21,24H,3-4,6-7,9-12,15-16H2,1-2H3,(H,26,27)/b8-5-,14-13+/t17-,18+,19+,21?/m0/s1. The van der Waals surface area contributed by atoms with Crippen molar-refractivity contribution in [2.75, 3.05) is 12.9 Å². The summed E-state index contributed by atoms with van der Waals surface area (Å²) in [7, 11) is 1.37. The molecule has 0 aliphatic heterocycles. The average molecular weight is 441 g/mol. The number of methoxy groups -OCH3 is 1. The third kappa shape index (κ3) is 10.4. The summed E-state index contributed by atoms with van der Waals surface area (Å²) >= 11 is 1.31. The van der Waals surface area contributed by atoms with Crippen molar-refractivity contribution in [2.45, 2.75) is 76.1 Å². The second-order valence-electron chi connectivity index (χ2n) is 7.72. The number of hydrogen-bond donors (Lipinski definition) is 2. The van der Waals surface area contributed by atoms with Gasteiger partial charge in [-0.05, 0) is 31.6 Å². The largest absolute Gasteiger partial charge is 0.481 e. The van der Waals surface area contributed by atoms with E-state index in [-0.39, 0.29) is 34.6 Å². The molecule has 0 heterocycles. The minimum Gasteiger partial charge on any atom is -0.481 e. The fourth-order valence-corrected chi connectivity index (χ4v) is 4.78. The molecule has 1 fully saturated rings. The first kappa shape index (κ1) is 26.4. The van der Waals surface area contributed by atoms with E-state index >= 15 is 0 Å². The lowest BCUT2D eigenvalue weighted by Gasteiger charge is -2.19. The Morgan fingerprint density at radius 3 is 2.70 bits per heavy atom. The molecule has 2 N–H and O–H groups in total. The van der Waals surface area contributed by atoms with Crippen LogP contribution in [0.25, 0.3) is 0 Å². The maximum atomic E-state index is 12.6. The Kier molecular flexibility index (Phi) is 13.4. The number of rotatable bonds is 15. The number of carboxylic acids is 1. The summed E-state index contributed by atoms with van der Waals surface area (Å²) in [5, 5.41) is 19.1. The van der Waals surface area contributed by atoms with Gasteiger partial charge in [0.2, 0.25) is 0 Å². The molecule has 1 unspecified atom stereocenters. The van der Waals surface area contributed by atoms with Crippen molar-refractivity contribution in [2.24, 2.45) is 11.8 Å². The molecule has 1 saturated carbocycles. The van der Waals surface area contributed by atoms with Gasteiger partial charge in [-0.25, -0.2) is 0 Å². The van der Waals surface area contributed by atoms with Crippen LogP contribution < -0.4 is 0 Å². The predicted octanol–water partition coefficient (Wildman–Crippen LogP) is 4.17. The minimum atomic E-state index is -0.885. The van der Waals surface area contributed by atoms with Crippen LogP contribution in [-0.2, 0) is 19.1 Å². The van der Waals surface area contributed by atoms with Crippen molar-refractivity contribution in [1.29, 1.82) is 0 Å². The highest BCUT2D eigenvalue weighted by atomic mass is 32.2. The number of aliphatic hydroxyl groups is 1. The molecule has 0 amide bonds. The molecule has 6 nitrogen and oxygen atoms in total. The van der Waals surface area contributed by atoms with Gasteiger partial charge in [-0.3, -0.25) is 14.4 Å². The van der Waals surface area contributed by atoms with Crippen molar-refractivity contribution < 1.29 is 29.3 Å². The van der Waals surface area contributed by atoms with E-state index in [4.69, 9.17) is 5.11 Å². The number of ketones is 1. The molecule has 30 heavy (non-hydrogen) atoms. The van der Waals surface area contributed by atoms with E-state index in [1.165, 1.54) is 18.9 Å². The summed E-state index contributed by atoms with van der Waals surface area (Å²) < 4.78 is 4.61. The number of esters is 1. The fraction of sp³-hybridized carbons (Fsp3) is 0.696. The third-order valence-electron chi connectivity index (χ3n) is 5.33. The number of ether oxygens (including phenoxy) is 1. The van der Waals surface area contributed by atoms with Crippen LogP contribution in [0.2, 0.25) is 0 Å². The average Bonchev–Trinajstić information content (AvgIpc) is 3.01. The normalized spacial score (nSPS) is 22.8. The van der Waals surface area contributed by atoms with Crippen molar-refractivity contribution in [1.82, 2.24) is 0 Å². The Morgan fingerprint density at radius 1 is 1.27 bits per heavy atom. The first-order valence-electron chi connectivity index (χ1n) is 10.8. The molecule has 0 aromatic carbocycles. The van der Waals surface area contributed by atoms with E-state index in [1.807, 2.05) is 18.2 Å². The van der Waals surface area contributed by atoms with E-state index < -0.39 is 12.1 Å². The molecular weight excluding hydrogens is 404 g/mol. The van der Waals surface area contributed by atoms with Crippen LogP contribution in [0.1, 0.15) is 64.7 Å². The van der Waals surface area contributed by atoms with E-state index in [0.717, 1.165) is 25.7 Å². The van der Waals surface area contributed by atoms with Crippen LogP contribution >= 0.6 is 11.8 Å². The summed E-state index contributed by atoms with van der Waals surface area (Å²) in [5.41, 5.74) is 0. The number of carbonyl (C=O) groups excluding carboxylic acids is 2. The highest BCUT2D eigenvalue weighted by molar-refractivity contribution is 8.00. The van der Waals surface area contributed by atoms with Gasteiger partial charge in [-0.15, -0.1) is 11.8 Å². The molecule has 0 saturated heterocycles. The lowest BCUT2D eigenvalue weighted by Crippen LogP contribution is -2.18. The quantitative estimate of drug-likeness (QED) is 0.224. The number of carbonyl (C=O) groups is 3. The van der Waals surface area contributed by atoms with Gasteiger partial charge in [0.25, 0.3) is 0 Å². The van der Waals surface area contributed by atoms with Gasteiger partial charge in [0, 0.05) is 24.0 Å². The summed E-state index contributed by atoms with van der Waals surface area (Å²) in [4.78, 5) is 34.7. The summed E-state index contributed by atoms with van der Waals surface area (Å²) in [6.45, 7) is 2.12. The zero-order valence-corrected chi connectivity index (χ0v) is 18.9. The number of Topliss-reactive ketones (excluding diaryl/α,β-unsaturated/α-hetero) is 1. The molecule has 7 heteroatoms. The van der Waals surface area contributed by atoms with Crippen LogP contribution in [0.15, 0.2) is 24.3 Å². The lowest BCUT2D eigenvalue weighted by molar-refractivity contribution is -0.140. The van der Waals surface area contributed by atoms with E-state index in [2.05, 4.69) is 11.7 Å². The molecule has 1 aliphatic rings. The molecular formula is C23H36O6S. The zero-order valence-electron chi connectivity index (χ0n) is 18.1. The topological polar surface area (TPSA) is 101 Å². The van der Waals surface area contributed by atoms with E-state index in [0.29, 0.717) is 32.1 Å².